The van der Waals surface area contributed by atoms with Gasteiger partial charge in [0.25, 0.3) is 5.91 Å². The zero-order chi connectivity index (χ0) is 23.1. The van der Waals surface area contributed by atoms with Gasteiger partial charge in [-0.2, -0.15) is 11.8 Å². The van der Waals surface area contributed by atoms with Crippen LogP contribution in [0.3, 0.4) is 0 Å². The first-order chi connectivity index (χ1) is 15.3. The molecule has 2 aromatic rings. The third-order valence-electron chi connectivity index (χ3n) is 5.20. The number of ether oxygens (including phenoxy) is 1. The molecule has 10 heteroatoms. The highest BCUT2D eigenvalue weighted by atomic mass is 35.5. The molecule has 1 aliphatic rings. The Morgan fingerprint density at radius 2 is 1.81 bits per heavy atom. The lowest BCUT2D eigenvalue weighted by Crippen LogP contribution is -2.36. The summed E-state index contributed by atoms with van der Waals surface area (Å²) < 4.78 is 33.5. The molecule has 174 valence electrons. The lowest BCUT2D eigenvalue weighted by molar-refractivity contribution is 0.0720. The molecular weight excluding hydrogens is 491 g/mol. The van der Waals surface area contributed by atoms with Crippen LogP contribution in [0.1, 0.15) is 35.2 Å². The highest BCUT2D eigenvalue weighted by Crippen LogP contribution is 2.28. The SMILES string of the molecule is COc1ccc(S(=O)(=O)NCCSCc2c(Cl)cccc2Cl)cc1C(=O)N1CCCCC1. The van der Waals surface area contributed by atoms with Gasteiger partial charge in [-0.25, -0.2) is 13.1 Å². The Labute approximate surface area is 203 Å². The molecule has 3 rings (SSSR count). The van der Waals surface area contributed by atoms with Crippen LogP contribution in [0.5, 0.6) is 5.75 Å². The van der Waals surface area contributed by atoms with Gasteiger partial charge in [-0.15, -0.1) is 0 Å². The highest BCUT2D eigenvalue weighted by molar-refractivity contribution is 7.98. The van der Waals surface area contributed by atoms with Crippen molar-refractivity contribution in [1.29, 1.82) is 0 Å². The Hall–Kier alpha value is -1.45. The number of amides is 1. The Kier molecular flexibility index (Phi) is 9.13. The number of rotatable bonds is 9. The van der Waals surface area contributed by atoms with Crippen LogP contribution in [0.15, 0.2) is 41.3 Å². The van der Waals surface area contributed by atoms with Crippen molar-refractivity contribution in [3.8, 4) is 5.75 Å². The van der Waals surface area contributed by atoms with E-state index >= 15 is 0 Å². The minimum absolute atomic E-state index is 0.0396. The van der Waals surface area contributed by atoms with E-state index in [0.29, 0.717) is 40.4 Å². The molecule has 0 radical (unpaired) electrons. The van der Waals surface area contributed by atoms with Crippen molar-refractivity contribution in [1.82, 2.24) is 9.62 Å². The van der Waals surface area contributed by atoms with E-state index in [4.69, 9.17) is 27.9 Å². The monoisotopic (exact) mass is 516 g/mol. The van der Waals surface area contributed by atoms with Crippen molar-refractivity contribution in [3.63, 3.8) is 0 Å². The van der Waals surface area contributed by atoms with Crippen molar-refractivity contribution in [3.05, 3.63) is 57.6 Å². The molecule has 1 amide bonds. The number of likely N-dealkylation sites (tertiary alicyclic amines) is 1. The fraction of sp³-hybridized carbons (Fsp3) is 0.409. The molecule has 0 spiro atoms. The second-order valence-corrected chi connectivity index (χ2v) is 11.1. The summed E-state index contributed by atoms with van der Waals surface area (Å²) in [5.74, 6) is 1.28. The summed E-state index contributed by atoms with van der Waals surface area (Å²) in [5.41, 5.74) is 1.10. The molecule has 0 aromatic heterocycles. The summed E-state index contributed by atoms with van der Waals surface area (Å²) in [4.78, 5) is 14.7. The Morgan fingerprint density at radius 3 is 2.47 bits per heavy atom. The predicted octanol–water partition coefficient (Wildman–Crippen LogP) is 4.84. The number of piperidine rings is 1. The maximum Gasteiger partial charge on any atom is 0.257 e. The van der Waals surface area contributed by atoms with E-state index in [1.165, 1.54) is 37.1 Å². The van der Waals surface area contributed by atoms with Gasteiger partial charge in [0.05, 0.1) is 17.6 Å². The fourth-order valence-corrected chi connectivity index (χ4v) is 6.25. The quantitative estimate of drug-likeness (QED) is 0.482. The van der Waals surface area contributed by atoms with Gasteiger partial charge in [-0.3, -0.25) is 4.79 Å². The summed E-state index contributed by atoms with van der Waals surface area (Å²) >= 11 is 13.9. The smallest absolute Gasteiger partial charge is 0.257 e. The Morgan fingerprint density at radius 1 is 1.12 bits per heavy atom. The van der Waals surface area contributed by atoms with Gasteiger partial charge in [-0.1, -0.05) is 29.3 Å². The number of nitrogens with one attached hydrogen (secondary N) is 1. The van der Waals surface area contributed by atoms with Crippen LogP contribution in [0.2, 0.25) is 10.0 Å². The normalized spacial score (nSPS) is 14.4. The van der Waals surface area contributed by atoms with E-state index in [0.717, 1.165) is 24.8 Å². The molecule has 0 aliphatic carbocycles. The van der Waals surface area contributed by atoms with Gasteiger partial charge in [0.1, 0.15) is 5.75 Å². The molecule has 1 saturated heterocycles. The number of carbonyl (C=O) groups is 1. The van der Waals surface area contributed by atoms with Crippen LogP contribution < -0.4 is 9.46 Å². The zero-order valence-electron chi connectivity index (χ0n) is 17.8. The van der Waals surface area contributed by atoms with Gasteiger partial charge in [0.2, 0.25) is 10.0 Å². The number of carbonyl (C=O) groups excluding carboxylic acids is 1. The number of halogens is 2. The van der Waals surface area contributed by atoms with Crippen molar-refractivity contribution in [2.45, 2.75) is 29.9 Å². The minimum atomic E-state index is -3.78. The molecule has 1 N–H and O–H groups in total. The molecule has 1 aliphatic heterocycles. The topological polar surface area (TPSA) is 75.7 Å². The van der Waals surface area contributed by atoms with E-state index in [1.54, 1.807) is 23.1 Å². The highest BCUT2D eigenvalue weighted by Gasteiger charge is 2.24. The molecule has 2 aromatic carbocycles. The van der Waals surface area contributed by atoms with Crippen LogP contribution >= 0.6 is 35.0 Å². The lowest BCUT2D eigenvalue weighted by Gasteiger charge is -2.27. The summed E-state index contributed by atoms with van der Waals surface area (Å²) in [7, 11) is -2.31. The average molecular weight is 518 g/mol. The van der Waals surface area contributed by atoms with Crippen LogP contribution in [0.4, 0.5) is 0 Å². The molecule has 1 fully saturated rings. The second-order valence-electron chi connectivity index (χ2n) is 7.37. The van der Waals surface area contributed by atoms with Crippen LogP contribution in [-0.4, -0.2) is 51.7 Å². The third kappa shape index (κ3) is 6.32. The first kappa shape index (κ1) is 25.2. The van der Waals surface area contributed by atoms with Crippen molar-refractivity contribution in [2.75, 3.05) is 32.5 Å². The number of nitrogens with zero attached hydrogens (tertiary/aromatic N) is 1. The number of benzene rings is 2. The third-order valence-corrected chi connectivity index (χ3v) is 8.35. The van der Waals surface area contributed by atoms with Gasteiger partial charge < -0.3 is 9.64 Å². The average Bonchev–Trinajstić information content (AvgIpc) is 2.80. The summed E-state index contributed by atoms with van der Waals surface area (Å²) in [6.07, 6.45) is 3.00. The molecule has 0 bridgehead atoms. The number of hydrogen-bond acceptors (Lipinski definition) is 5. The number of hydrogen-bond donors (Lipinski definition) is 1. The zero-order valence-corrected chi connectivity index (χ0v) is 20.9. The Bertz CT molecular complexity index is 1040. The van der Waals surface area contributed by atoms with E-state index in [1.807, 2.05) is 0 Å². The molecule has 6 nitrogen and oxygen atoms in total. The minimum Gasteiger partial charge on any atom is -0.496 e. The molecule has 0 saturated carbocycles. The second kappa shape index (κ2) is 11.6. The van der Waals surface area contributed by atoms with Gasteiger partial charge in [0, 0.05) is 41.2 Å². The maximum absolute atomic E-state index is 13.0. The molecule has 32 heavy (non-hydrogen) atoms. The molecule has 1 heterocycles. The number of thioether (sulfide) groups is 1. The van der Waals surface area contributed by atoms with E-state index in [2.05, 4.69) is 4.72 Å². The van der Waals surface area contributed by atoms with Crippen molar-refractivity contribution in [2.24, 2.45) is 0 Å². The molecule has 0 atom stereocenters. The van der Waals surface area contributed by atoms with E-state index in [-0.39, 0.29) is 22.9 Å². The summed E-state index contributed by atoms with van der Waals surface area (Å²) in [5, 5.41) is 1.18. The molecular formula is C22H26Cl2N2O4S2. The largest absolute Gasteiger partial charge is 0.496 e. The molecule has 0 unspecified atom stereocenters. The van der Waals surface area contributed by atoms with Crippen molar-refractivity contribution < 1.29 is 17.9 Å². The van der Waals surface area contributed by atoms with Crippen LogP contribution in [0.25, 0.3) is 0 Å². The first-order valence-corrected chi connectivity index (χ1v) is 13.7. The van der Waals surface area contributed by atoms with Gasteiger partial charge >= 0.3 is 0 Å². The van der Waals surface area contributed by atoms with Crippen LogP contribution in [-0.2, 0) is 15.8 Å². The maximum atomic E-state index is 13.0. The van der Waals surface area contributed by atoms with E-state index in [9.17, 15) is 13.2 Å². The first-order valence-electron chi connectivity index (χ1n) is 10.3. The standard InChI is InChI=1S/C22H26Cl2N2O4S2/c1-30-21-9-8-16(14-17(21)22(27)26-11-3-2-4-12-26)32(28,29)25-10-13-31-15-18-19(23)6-5-7-20(18)24/h5-9,14,25H,2-4,10-13,15H2,1H3. The Balaban J connectivity index is 1.62. The lowest BCUT2D eigenvalue weighted by atomic mass is 10.1. The van der Waals surface area contributed by atoms with E-state index < -0.39 is 10.0 Å². The van der Waals surface area contributed by atoms with Crippen molar-refractivity contribution >= 4 is 50.9 Å². The van der Waals surface area contributed by atoms with Crippen LogP contribution in [0, 0.1) is 0 Å². The number of sulfonamides is 1. The predicted molar refractivity (Wildman–Crippen MR) is 131 cm³/mol. The number of methoxy groups -OCH3 is 1. The van der Waals surface area contributed by atoms with Gasteiger partial charge in [0.15, 0.2) is 0 Å². The fourth-order valence-electron chi connectivity index (χ4n) is 3.46. The summed E-state index contributed by atoms with van der Waals surface area (Å²) in [6, 6.07) is 9.71. The summed E-state index contributed by atoms with van der Waals surface area (Å²) in [6.45, 7) is 1.57. The van der Waals surface area contributed by atoms with Gasteiger partial charge in [-0.05, 0) is 55.2 Å².